The molecule has 0 fully saturated rings. The molecule has 4 N–H and O–H groups in total. The molecule has 1 unspecified atom stereocenters. The van der Waals surface area contributed by atoms with Gasteiger partial charge < -0.3 is 16.2 Å². The number of benzene rings is 1. The molecule has 1 amide bonds. The second kappa shape index (κ2) is 6.00. The zero-order chi connectivity index (χ0) is 12.8. The van der Waals surface area contributed by atoms with Crippen LogP contribution < -0.4 is 11.1 Å². The van der Waals surface area contributed by atoms with Gasteiger partial charge in [-0.15, -0.1) is 0 Å². The molecule has 0 saturated heterocycles. The van der Waals surface area contributed by atoms with E-state index < -0.39 is 12.0 Å². The molecule has 5 heteroatoms. The average Bonchev–Trinajstić information content (AvgIpc) is 2.29. The predicted octanol–water partition coefficient (Wildman–Crippen LogP) is 0.391. The van der Waals surface area contributed by atoms with Gasteiger partial charge in [0.25, 0.3) is 0 Å². The van der Waals surface area contributed by atoms with Crippen LogP contribution in [0.25, 0.3) is 0 Å². The number of carboxylic acid groups (broad SMARTS) is 1. The third kappa shape index (κ3) is 3.88. The number of carboxylic acids is 1. The fourth-order valence-corrected chi connectivity index (χ4v) is 1.43. The largest absolute Gasteiger partial charge is 0.478 e. The Morgan fingerprint density at radius 2 is 2.06 bits per heavy atom. The average molecular weight is 236 g/mol. The maximum atomic E-state index is 11.2. The van der Waals surface area contributed by atoms with Gasteiger partial charge in [0, 0.05) is 6.54 Å². The number of carbonyl (C=O) groups is 2. The lowest BCUT2D eigenvalue weighted by molar-refractivity contribution is -0.121. The summed E-state index contributed by atoms with van der Waals surface area (Å²) in [6, 6.07) is 6.18. The zero-order valence-corrected chi connectivity index (χ0v) is 9.64. The summed E-state index contributed by atoms with van der Waals surface area (Å²) in [6.07, 6.45) is 0.473. The number of hydrogen-bond acceptors (Lipinski definition) is 3. The molecule has 0 aliphatic carbocycles. The van der Waals surface area contributed by atoms with Crippen molar-refractivity contribution in [3.63, 3.8) is 0 Å². The minimum atomic E-state index is -0.959. The third-order valence-corrected chi connectivity index (χ3v) is 2.35. The van der Waals surface area contributed by atoms with E-state index in [9.17, 15) is 9.59 Å². The number of carbonyl (C=O) groups excluding carboxylic acids is 1. The van der Waals surface area contributed by atoms with Crippen molar-refractivity contribution in [1.29, 1.82) is 0 Å². The van der Waals surface area contributed by atoms with Crippen LogP contribution in [0.15, 0.2) is 24.3 Å². The van der Waals surface area contributed by atoms with E-state index in [0.717, 1.165) is 0 Å². The molecule has 0 radical (unpaired) electrons. The van der Waals surface area contributed by atoms with Crippen molar-refractivity contribution in [3.8, 4) is 0 Å². The quantitative estimate of drug-likeness (QED) is 0.689. The van der Waals surface area contributed by atoms with E-state index in [0.29, 0.717) is 18.5 Å². The van der Waals surface area contributed by atoms with E-state index in [-0.39, 0.29) is 11.5 Å². The molecule has 0 aliphatic rings. The standard InChI is InChI=1S/C12H16N2O3/c1-8(13)11(15)14-7-6-9-4-2-3-5-10(9)12(16)17/h2-5,8H,6-7,13H2,1H3,(H,14,15)(H,16,17). The van der Waals surface area contributed by atoms with E-state index in [4.69, 9.17) is 10.8 Å². The Labute approximate surface area is 99.6 Å². The number of hydrogen-bond donors (Lipinski definition) is 3. The van der Waals surface area contributed by atoms with Gasteiger partial charge in [-0.05, 0) is 25.0 Å². The molecule has 92 valence electrons. The number of rotatable bonds is 5. The first-order chi connectivity index (χ1) is 8.02. The van der Waals surface area contributed by atoms with Crippen molar-refractivity contribution < 1.29 is 14.7 Å². The molecule has 1 rings (SSSR count). The normalized spacial score (nSPS) is 11.9. The molecule has 0 spiro atoms. The van der Waals surface area contributed by atoms with Gasteiger partial charge in [-0.2, -0.15) is 0 Å². The van der Waals surface area contributed by atoms with Crippen molar-refractivity contribution >= 4 is 11.9 Å². The molecule has 1 aromatic carbocycles. The molecule has 0 saturated carbocycles. The van der Waals surface area contributed by atoms with Gasteiger partial charge >= 0.3 is 5.97 Å². The van der Waals surface area contributed by atoms with Gasteiger partial charge in [0.15, 0.2) is 0 Å². The topological polar surface area (TPSA) is 92.4 Å². The minimum absolute atomic E-state index is 0.238. The van der Waals surface area contributed by atoms with Crippen LogP contribution in [0, 0.1) is 0 Å². The van der Waals surface area contributed by atoms with E-state index in [1.165, 1.54) is 0 Å². The van der Waals surface area contributed by atoms with Crippen LogP contribution >= 0.6 is 0 Å². The highest BCUT2D eigenvalue weighted by Gasteiger charge is 2.10. The Kier molecular flexibility index (Phi) is 4.66. The van der Waals surface area contributed by atoms with E-state index in [1.807, 2.05) is 0 Å². The van der Waals surface area contributed by atoms with Gasteiger partial charge in [0.1, 0.15) is 0 Å². The summed E-state index contributed by atoms with van der Waals surface area (Å²) in [7, 11) is 0. The molecular formula is C12H16N2O3. The predicted molar refractivity (Wildman–Crippen MR) is 63.8 cm³/mol. The second-order valence-corrected chi connectivity index (χ2v) is 3.79. The SMILES string of the molecule is CC(N)C(=O)NCCc1ccccc1C(=O)O. The highest BCUT2D eigenvalue weighted by Crippen LogP contribution is 2.08. The summed E-state index contributed by atoms with van der Waals surface area (Å²) < 4.78 is 0. The summed E-state index contributed by atoms with van der Waals surface area (Å²) in [6.45, 7) is 1.98. The van der Waals surface area contributed by atoms with Crippen molar-refractivity contribution in [2.75, 3.05) is 6.54 Å². The lowest BCUT2D eigenvalue weighted by atomic mass is 10.0. The Morgan fingerprint density at radius 3 is 2.65 bits per heavy atom. The smallest absolute Gasteiger partial charge is 0.335 e. The van der Waals surface area contributed by atoms with E-state index in [1.54, 1.807) is 31.2 Å². The molecule has 1 aromatic rings. The molecular weight excluding hydrogens is 220 g/mol. The molecule has 0 aliphatic heterocycles. The van der Waals surface area contributed by atoms with Crippen molar-refractivity contribution in [1.82, 2.24) is 5.32 Å². The monoisotopic (exact) mass is 236 g/mol. The van der Waals surface area contributed by atoms with Crippen LogP contribution in [0.5, 0.6) is 0 Å². The van der Waals surface area contributed by atoms with Crippen LogP contribution in [-0.4, -0.2) is 29.6 Å². The highest BCUT2D eigenvalue weighted by molar-refractivity contribution is 5.89. The molecule has 1 atom stereocenters. The van der Waals surface area contributed by atoms with E-state index in [2.05, 4.69) is 5.32 Å². The third-order valence-electron chi connectivity index (χ3n) is 2.35. The first-order valence-corrected chi connectivity index (χ1v) is 5.37. The Morgan fingerprint density at radius 1 is 1.41 bits per heavy atom. The van der Waals surface area contributed by atoms with Crippen LogP contribution in [0.3, 0.4) is 0 Å². The van der Waals surface area contributed by atoms with Crippen LogP contribution in [0.2, 0.25) is 0 Å². The highest BCUT2D eigenvalue weighted by atomic mass is 16.4. The van der Waals surface area contributed by atoms with Gasteiger partial charge in [0.2, 0.25) is 5.91 Å². The van der Waals surface area contributed by atoms with Gasteiger partial charge in [-0.3, -0.25) is 4.79 Å². The maximum absolute atomic E-state index is 11.2. The molecule has 0 heterocycles. The Bertz CT molecular complexity index is 416. The summed E-state index contributed by atoms with van der Waals surface area (Å²) in [5.74, 6) is -1.20. The maximum Gasteiger partial charge on any atom is 0.335 e. The Balaban J connectivity index is 2.58. The molecule has 0 aromatic heterocycles. The van der Waals surface area contributed by atoms with Gasteiger partial charge in [-0.25, -0.2) is 4.79 Å². The number of nitrogens with two attached hydrogens (primary N) is 1. The summed E-state index contributed by atoms with van der Waals surface area (Å²) in [5, 5.41) is 11.6. The lowest BCUT2D eigenvalue weighted by Gasteiger charge is -2.09. The van der Waals surface area contributed by atoms with Gasteiger partial charge in [0.05, 0.1) is 11.6 Å². The Hall–Kier alpha value is -1.88. The zero-order valence-electron chi connectivity index (χ0n) is 9.64. The van der Waals surface area contributed by atoms with Crippen LogP contribution in [-0.2, 0) is 11.2 Å². The molecule has 0 bridgehead atoms. The fraction of sp³-hybridized carbons (Fsp3) is 0.333. The van der Waals surface area contributed by atoms with Crippen LogP contribution in [0.1, 0.15) is 22.8 Å². The van der Waals surface area contributed by atoms with Crippen molar-refractivity contribution in [2.24, 2.45) is 5.73 Å². The summed E-state index contributed by atoms with van der Waals surface area (Å²) >= 11 is 0. The molecule has 5 nitrogen and oxygen atoms in total. The number of nitrogens with one attached hydrogen (secondary N) is 1. The van der Waals surface area contributed by atoms with Crippen molar-refractivity contribution in [2.45, 2.75) is 19.4 Å². The first-order valence-electron chi connectivity index (χ1n) is 5.37. The van der Waals surface area contributed by atoms with Crippen LogP contribution in [0.4, 0.5) is 0 Å². The lowest BCUT2D eigenvalue weighted by Crippen LogP contribution is -2.39. The first kappa shape index (κ1) is 13.2. The number of amides is 1. The van der Waals surface area contributed by atoms with Gasteiger partial charge in [-0.1, -0.05) is 18.2 Å². The second-order valence-electron chi connectivity index (χ2n) is 3.79. The summed E-state index contributed by atoms with van der Waals surface area (Å²) in [5.41, 5.74) is 6.35. The van der Waals surface area contributed by atoms with E-state index >= 15 is 0 Å². The minimum Gasteiger partial charge on any atom is -0.478 e. The summed E-state index contributed by atoms with van der Waals surface area (Å²) in [4.78, 5) is 22.1. The molecule has 17 heavy (non-hydrogen) atoms. The fourth-order valence-electron chi connectivity index (χ4n) is 1.43. The number of aromatic carboxylic acids is 1. The van der Waals surface area contributed by atoms with Crippen molar-refractivity contribution in [3.05, 3.63) is 35.4 Å².